The van der Waals surface area contributed by atoms with Crippen molar-refractivity contribution in [2.75, 3.05) is 5.06 Å². The number of carbonyl (C=O) groups is 2. The van der Waals surface area contributed by atoms with Gasteiger partial charge in [0.05, 0.1) is 5.69 Å². The van der Waals surface area contributed by atoms with Gasteiger partial charge in [-0.25, -0.2) is 5.06 Å². The second-order valence-electron chi connectivity index (χ2n) is 5.03. The third-order valence-corrected chi connectivity index (χ3v) is 4.74. The fourth-order valence-electron chi connectivity index (χ4n) is 2.88. The molecule has 1 aromatic carbocycles. The third kappa shape index (κ3) is 1.87. The van der Waals surface area contributed by atoms with Gasteiger partial charge in [-0.15, -0.1) is 11.3 Å². The van der Waals surface area contributed by atoms with Crippen molar-refractivity contribution in [1.29, 1.82) is 0 Å². The van der Waals surface area contributed by atoms with Gasteiger partial charge >= 0.3 is 0 Å². The van der Waals surface area contributed by atoms with Crippen LogP contribution in [0, 0.1) is 5.92 Å². The van der Waals surface area contributed by atoms with Gasteiger partial charge in [-0.2, -0.15) is 0 Å². The number of para-hydroxylation sites is 1. The lowest BCUT2D eigenvalue weighted by molar-refractivity contribution is -0.129. The summed E-state index contributed by atoms with van der Waals surface area (Å²) < 4.78 is 0. The molecule has 0 radical (unpaired) electrons. The average molecular weight is 300 g/mol. The smallest absolute Gasteiger partial charge is 0.259 e. The molecule has 4 rings (SSSR count). The fraction of sp³-hybridized carbons (Fsp3) is 0.200. The van der Waals surface area contributed by atoms with E-state index in [0.29, 0.717) is 0 Å². The summed E-state index contributed by atoms with van der Waals surface area (Å²) in [4.78, 5) is 30.8. The Hall–Kier alpha value is -2.18. The highest BCUT2D eigenvalue weighted by atomic mass is 32.1. The number of benzene rings is 1. The van der Waals surface area contributed by atoms with Crippen molar-refractivity contribution in [2.24, 2.45) is 5.92 Å². The van der Waals surface area contributed by atoms with Crippen molar-refractivity contribution >= 4 is 28.8 Å². The highest BCUT2D eigenvalue weighted by molar-refractivity contribution is 7.10. The second-order valence-corrected chi connectivity index (χ2v) is 6.01. The quantitative estimate of drug-likeness (QED) is 0.860. The molecule has 2 fully saturated rings. The van der Waals surface area contributed by atoms with Crippen LogP contribution in [0.1, 0.15) is 10.9 Å². The third-order valence-electron chi connectivity index (χ3n) is 3.80. The maximum atomic E-state index is 12.1. The van der Waals surface area contributed by atoms with E-state index in [-0.39, 0.29) is 17.9 Å². The van der Waals surface area contributed by atoms with E-state index >= 15 is 0 Å². The molecule has 2 aliphatic heterocycles. The number of amides is 2. The molecule has 0 saturated carbocycles. The highest BCUT2D eigenvalue weighted by Crippen LogP contribution is 2.45. The van der Waals surface area contributed by atoms with E-state index in [0.717, 1.165) is 10.6 Å². The molecule has 3 atom stereocenters. The van der Waals surface area contributed by atoms with Crippen LogP contribution in [0.4, 0.5) is 5.69 Å². The Bertz CT molecular complexity index is 686. The average Bonchev–Trinajstić information content (AvgIpc) is 3.19. The number of imide groups is 1. The van der Waals surface area contributed by atoms with Gasteiger partial charge in [-0.3, -0.25) is 19.7 Å². The van der Waals surface area contributed by atoms with Gasteiger partial charge in [0.15, 0.2) is 6.10 Å². The zero-order valence-electron chi connectivity index (χ0n) is 10.9. The summed E-state index contributed by atoms with van der Waals surface area (Å²) in [7, 11) is 0. The molecular weight excluding hydrogens is 288 g/mol. The predicted octanol–water partition coefficient (Wildman–Crippen LogP) is 1.88. The minimum Gasteiger partial charge on any atom is -0.294 e. The summed E-state index contributed by atoms with van der Waals surface area (Å²) in [6.45, 7) is 0. The molecule has 3 heterocycles. The number of thiophene rings is 1. The Morgan fingerprint density at radius 1 is 1.05 bits per heavy atom. The van der Waals surface area contributed by atoms with Gasteiger partial charge in [-0.05, 0) is 23.6 Å². The van der Waals surface area contributed by atoms with Crippen molar-refractivity contribution < 1.29 is 14.4 Å². The number of nitrogens with one attached hydrogen (secondary N) is 1. The molecule has 5 nitrogen and oxygen atoms in total. The first-order valence-corrected chi connectivity index (χ1v) is 7.53. The van der Waals surface area contributed by atoms with Crippen LogP contribution in [-0.4, -0.2) is 17.9 Å². The fourth-order valence-corrected chi connectivity index (χ4v) is 3.73. The van der Waals surface area contributed by atoms with Gasteiger partial charge in [-0.1, -0.05) is 24.3 Å². The summed E-state index contributed by atoms with van der Waals surface area (Å²) in [6, 6.07) is 13.2. The van der Waals surface area contributed by atoms with Crippen molar-refractivity contribution in [3.63, 3.8) is 0 Å². The van der Waals surface area contributed by atoms with E-state index in [2.05, 4.69) is 5.32 Å². The lowest BCUT2D eigenvalue weighted by Gasteiger charge is -2.25. The Balaban J connectivity index is 1.80. The van der Waals surface area contributed by atoms with Crippen LogP contribution in [0.2, 0.25) is 0 Å². The van der Waals surface area contributed by atoms with E-state index in [4.69, 9.17) is 4.84 Å². The second kappa shape index (κ2) is 4.68. The van der Waals surface area contributed by atoms with E-state index in [1.54, 1.807) is 16.4 Å². The van der Waals surface area contributed by atoms with Crippen LogP contribution in [-0.2, 0) is 14.4 Å². The van der Waals surface area contributed by atoms with Gasteiger partial charge in [0.1, 0.15) is 12.0 Å². The van der Waals surface area contributed by atoms with Gasteiger partial charge in [0.2, 0.25) is 5.91 Å². The van der Waals surface area contributed by atoms with Crippen molar-refractivity contribution in [3.05, 3.63) is 52.7 Å². The van der Waals surface area contributed by atoms with Crippen LogP contribution in [0.3, 0.4) is 0 Å². The molecule has 0 spiro atoms. The topological polar surface area (TPSA) is 58.6 Å². The number of carbonyl (C=O) groups excluding carboxylic acids is 2. The molecule has 106 valence electrons. The van der Waals surface area contributed by atoms with Gasteiger partial charge in [0, 0.05) is 4.88 Å². The summed E-state index contributed by atoms with van der Waals surface area (Å²) in [6.07, 6.45) is -0.746. The zero-order valence-corrected chi connectivity index (χ0v) is 11.7. The molecular formula is C15H12N2O3S. The number of hydrogen-bond donors (Lipinski definition) is 1. The number of rotatable bonds is 2. The first-order chi connectivity index (χ1) is 10.3. The number of nitrogens with zero attached hydrogens (tertiary/aromatic N) is 1. The summed E-state index contributed by atoms with van der Waals surface area (Å²) in [5.41, 5.74) is 0.839. The Labute approximate surface area is 125 Å². The van der Waals surface area contributed by atoms with E-state index in [1.807, 2.05) is 47.8 Å². The molecule has 0 unspecified atom stereocenters. The molecule has 21 heavy (non-hydrogen) atoms. The number of hydroxylamine groups is 1. The van der Waals surface area contributed by atoms with E-state index in [9.17, 15) is 9.59 Å². The van der Waals surface area contributed by atoms with Crippen molar-refractivity contribution in [1.82, 2.24) is 5.32 Å². The lowest BCUT2D eigenvalue weighted by atomic mass is 9.95. The highest BCUT2D eigenvalue weighted by Gasteiger charge is 2.56. The lowest BCUT2D eigenvalue weighted by Crippen LogP contribution is -2.32. The maximum Gasteiger partial charge on any atom is 0.259 e. The molecule has 6 heteroatoms. The molecule has 2 aromatic rings. The Kier molecular flexibility index (Phi) is 2.80. The van der Waals surface area contributed by atoms with Gasteiger partial charge in [0.25, 0.3) is 5.91 Å². The Morgan fingerprint density at radius 2 is 1.86 bits per heavy atom. The summed E-state index contributed by atoms with van der Waals surface area (Å²) >= 11 is 1.56. The minimum atomic E-state index is -0.746. The zero-order chi connectivity index (χ0) is 14.4. The van der Waals surface area contributed by atoms with Crippen LogP contribution >= 0.6 is 11.3 Å². The van der Waals surface area contributed by atoms with Crippen LogP contribution in [0.5, 0.6) is 0 Å². The SMILES string of the molecule is O=C1NC(=O)[C@H]2ON(c3ccccc3)[C@H](c3cccs3)[C@@H]12. The van der Waals surface area contributed by atoms with Crippen LogP contribution < -0.4 is 10.4 Å². The number of hydrogen-bond acceptors (Lipinski definition) is 5. The molecule has 2 aliphatic rings. The van der Waals surface area contributed by atoms with Crippen molar-refractivity contribution in [3.8, 4) is 0 Å². The molecule has 0 bridgehead atoms. The summed E-state index contributed by atoms with van der Waals surface area (Å²) in [5.74, 6) is -1.12. The number of anilines is 1. The maximum absolute atomic E-state index is 12.1. The molecule has 1 N–H and O–H groups in total. The largest absolute Gasteiger partial charge is 0.294 e. The minimum absolute atomic E-state index is 0.262. The first kappa shape index (κ1) is 12.6. The van der Waals surface area contributed by atoms with Crippen LogP contribution in [0.15, 0.2) is 47.8 Å². The molecule has 2 saturated heterocycles. The first-order valence-electron chi connectivity index (χ1n) is 6.65. The van der Waals surface area contributed by atoms with Crippen molar-refractivity contribution in [2.45, 2.75) is 12.1 Å². The number of fused-ring (bicyclic) bond motifs is 1. The standard InChI is InChI=1S/C15H12N2O3S/c18-14-11-12(10-7-4-8-21-10)17(9-5-2-1-3-6-9)20-13(11)15(19)16-14/h1-8,11-13H,(H,16,18,19)/t11-,12-,13+/m1/s1. The Morgan fingerprint density at radius 3 is 2.57 bits per heavy atom. The van der Waals surface area contributed by atoms with Crippen LogP contribution in [0.25, 0.3) is 0 Å². The molecule has 1 aromatic heterocycles. The molecule has 0 aliphatic carbocycles. The predicted molar refractivity (Wildman–Crippen MR) is 77.5 cm³/mol. The van der Waals surface area contributed by atoms with E-state index < -0.39 is 12.0 Å². The van der Waals surface area contributed by atoms with E-state index in [1.165, 1.54) is 0 Å². The molecule has 2 amide bonds. The summed E-state index contributed by atoms with van der Waals surface area (Å²) in [5, 5.41) is 6.01. The normalized spacial score (nSPS) is 27.8. The van der Waals surface area contributed by atoms with Gasteiger partial charge < -0.3 is 0 Å². The monoisotopic (exact) mass is 300 g/mol.